The van der Waals surface area contributed by atoms with Crippen LogP contribution in [0.5, 0.6) is 0 Å². The lowest BCUT2D eigenvalue weighted by molar-refractivity contribution is -0.252. The van der Waals surface area contributed by atoms with Gasteiger partial charge in [0, 0.05) is 13.6 Å². The fraction of sp³-hybridized carbons (Fsp3) is 0.933. The first kappa shape index (κ1) is 18.2. The average Bonchev–Trinajstić information content (AvgIpc) is 2.34. The van der Waals surface area contributed by atoms with Gasteiger partial charge in [0.15, 0.2) is 5.79 Å². The molecular weight excluding hydrogens is 272 g/mol. The van der Waals surface area contributed by atoms with Gasteiger partial charge in [0.2, 0.25) is 0 Å². The molecule has 0 saturated carbocycles. The third-order valence-electron chi connectivity index (χ3n) is 3.07. The van der Waals surface area contributed by atoms with Gasteiger partial charge in [0.05, 0.1) is 19.3 Å². The van der Waals surface area contributed by atoms with Gasteiger partial charge in [-0.05, 0) is 47.6 Å². The standard InChI is InChI=1S/C15H30N2O4/c1-14(2,3)21-13(18)17(6)9-7-8-16-12-10-19-15(4,5)20-11-12/h12,16H,7-11H2,1-6H3. The highest BCUT2D eigenvalue weighted by Crippen LogP contribution is 2.16. The van der Waals surface area contributed by atoms with Crippen molar-refractivity contribution in [2.45, 2.75) is 58.5 Å². The van der Waals surface area contributed by atoms with Crippen molar-refractivity contribution in [3.63, 3.8) is 0 Å². The number of carbonyl (C=O) groups excluding carboxylic acids is 1. The van der Waals surface area contributed by atoms with Gasteiger partial charge in [0.1, 0.15) is 5.60 Å². The molecule has 124 valence electrons. The summed E-state index contributed by atoms with van der Waals surface area (Å²) in [5, 5.41) is 3.37. The van der Waals surface area contributed by atoms with Crippen LogP contribution in [-0.2, 0) is 14.2 Å². The molecule has 1 aliphatic heterocycles. The summed E-state index contributed by atoms with van der Waals surface area (Å²) in [6, 6.07) is 0.213. The SMILES string of the molecule is CN(CCCNC1COC(C)(C)OC1)C(=O)OC(C)(C)C. The number of ether oxygens (including phenoxy) is 3. The van der Waals surface area contributed by atoms with Crippen LogP contribution in [0.4, 0.5) is 4.79 Å². The zero-order valence-electron chi connectivity index (χ0n) is 14.2. The van der Waals surface area contributed by atoms with E-state index in [-0.39, 0.29) is 12.1 Å². The number of amides is 1. The van der Waals surface area contributed by atoms with E-state index < -0.39 is 11.4 Å². The molecule has 1 N–H and O–H groups in total. The Bertz CT molecular complexity index is 329. The van der Waals surface area contributed by atoms with Crippen LogP contribution in [0.15, 0.2) is 0 Å². The minimum absolute atomic E-state index is 0.213. The van der Waals surface area contributed by atoms with Gasteiger partial charge in [-0.25, -0.2) is 4.79 Å². The Morgan fingerprint density at radius 3 is 2.43 bits per heavy atom. The summed E-state index contributed by atoms with van der Waals surface area (Å²) in [6.45, 7) is 12.2. The quantitative estimate of drug-likeness (QED) is 0.787. The molecule has 0 aromatic carbocycles. The maximum atomic E-state index is 11.8. The Morgan fingerprint density at radius 1 is 1.33 bits per heavy atom. The van der Waals surface area contributed by atoms with Crippen molar-refractivity contribution in [3.05, 3.63) is 0 Å². The molecular formula is C15H30N2O4. The second-order valence-electron chi connectivity index (χ2n) is 6.93. The van der Waals surface area contributed by atoms with Crippen LogP contribution in [0.25, 0.3) is 0 Å². The van der Waals surface area contributed by atoms with Crippen molar-refractivity contribution in [2.24, 2.45) is 0 Å². The lowest BCUT2D eigenvalue weighted by Gasteiger charge is -2.35. The van der Waals surface area contributed by atoms with E-state index in [2.05, 4.69) is 5.32 Å². The van der Waals surface area contributed by atoms with E-state index in [0.717, 1.165) is 13.0 Å². The van der Waals surface area contributed by atoms with Crippen molar-refractivity contribution in [3.8, 4) is 0 Å². The summed E-state index contributed by atoms with van der Waals surface area (Å²) in [4.78, 5) is 13.4. The number of hydrogen-bond donors (Lipinski definition) is 1. The molecule has 1 amide bonds. The Hall–Kier alpha value is -0.850. The second kappa shape index (κ2) is 7.42. The highest BCUT2D eigenvalue weighted by molar-refractivity contribution is 5.67. The van der Waals surface area contributed by atoms with Gasteiger partial charge in [-0.15, -0.1) is 0 Å². The predicted molar refractivity (Wildman–Crippen MR) is 81.3 cm³/mol. The first-order valence-corrected chi connectivity index (χ1v) is 7.54. The van der Waals surface area contributed by atoms with Crippen LogP contribution in [-0.4, -0.2) is 61.8 Å². The molecule has 0 unspecified atom stereocenters. The van der Waals surface area contributed by atoms with Crippen LogP contribution >= 0.6 is 0 Å². The van der Waals surface area contributed by atoms with Gasteiger partial charge >= 0.3 is 6.09 Å². The van der Waals surface area contributed by atoms with Gasteiger partial charge in [-0.2, -0.15) is 0 Å². The highest BCUT2D eigenvalue weighted by atomic mass is 16.7. The number of nitrogens with one attached hydrogen (secondary N) is 1. The lowest BCUT2D eigenvalue weighted by atomic mass is 10.2. The molecule has 1 fully saturated rings. The van der Waals surface area contributed by atoms with Crippen molar-refractivity contribution in [2.75, 3.05) is 33.4 Å². The van der Waals surface area contributed by atoms with Crippen LogP contribution < -0.4 is 5.32 Å². The molecule has 0 aromatic heterocycles. The van der Waals surface area contributed by atoms with Gasteiger partial charge < -0.3 is 24.4 Å². The fourth-order valence-corrected chi connectivity index (χ4v) is 1.86. The first-order valence-electron chi connectivity index (χ1n) is 7.54. The Labute approximate surface area is 128 Å². The predicted octanol–water partition coefficient (Wildman–Crippen LogP) is 1.98. The maximum Gasteiger partial charge on any atom is 0.410 e. The van der Waals surface area contributed by atoms with Crippen LogP contribution in [0.1, 0.15) is 41.0 Å². The van der Waals surface area contributed by atoms with E-state index >= 15 is 0 Å². The number of carbonyl (C=O) groups is 1. The van der Waals surface area contributed by atoms with Crippen molar-refractivity contribution >= 4 is 6.09 Å². The van der Waals surface area contributed by atoms with E-state index in [4.69, 9.17) is 14.2 Å². The van der Waals surface area contributed by atoms with E-state index in [1.54, 1.807) is 11.9 Å². The molecule has 0 radical (unpaired) electrons. The molecule has 1 saturated heterocycles. The summed E-state index contributed by atoms with van der Waals surface area (Å²) >= 11 is 0. The number of nitrogens with zero attached hydrogens (tertiary/aromatic N) is 1. The molecule has 0 aromatic rings. The summed E-state index contributed by atoms with van der Waals surface area (Å²) in [6.07, 6.45) is 0.573. The molecule has 0 spiro atoms. The largest absolute Gasteiger partial charge is 0.444 e. The molecule has 6 heteroatoms. The van der Waals surface area contributed by atoms with E-state index in [1.807, 2.05) is 34.6 Å². The summed E-state index contributed by atoms with van der Waals surface area (Å²) < 4.78 is 16.5. The van der Waals surface area contributed by atoms with Crippen LogP contribution in [0.3, 0.4) is 0 Å². The maximum absolute atomic E-state index is 11.8. The third-order valence-corrected chi connectivity index (χ3v) is 3.07. The third kappa shape index (κ3) is 7.64. The number of rotatable bonds is 5. The summed E-state index contributed by atoms with van der Waals surface area (Å²) in [5.41, 5.74) is -0.451. The lowest BCUT2D eigenvalue weighted by Crippen LogP contribution is -2.49. The Morgan fingerprint density at radius 2 is 1.90 bits per heavy atom. The molecule has 1 aliphatic rings. The normalized spacial score (nSPS) is 19.3. The topological polar surface area (TPSA) is 60.0 Å². The van der Waals surface area contributed by atoms with E-state index in [9.17, 15) is 4.79 Å². The molecule has 0 atom stereocenters. The Balaban J connectivity index is 2.13. The second-order valence-corrected chi connectivity index (χ2v) is 6.93. The zero-order chi connectivity index (χ0) is 16.1. The molecule has 6 nitrogen and oxygen atoms in total. The monoisotopic (exact) mass is 302 g/mol. The fourth-order valence-electron chi connectivity index (χ4n) is 1.86. The van der Waals surface area contributed by atoms with Crippen molar-refractivity contribution in [1.29, 1.82) is 0 Å². The molecule has 0 aliphatic carbocycles. The van der Waals surface area contributed by atoms with Crippen molar-refractivity contribution < 1.29 is 19.0 Å². The first-order chi connectivity index (χ1) is 9.59. The van der Waals surface area contributed by atoms with Gasteiger partial charge in [-0.1, -0.05) is 0 Å². The van der Waals surface area contributed by atoms with Crippen LogP contribution in [0.2, 0.25) is 0 Å². The van der Waals surface area contributed by atoms with E-state index in [0.29, 0.717) is 19.8 Å². The smallest absolute Gasteiger partial charge is 0.410 e. The average molecular weight is 302 g/mol. The zero-order valence-corrected chi connectivity index (χ0v) is 14.2. The highest BCUT2D eigenvalue weighted by Gasteiger charge is 2.27. The molecule has 21 heavy (non-hydrogen) atoms. The minimum Gasteiger partial charge on any atom is -0.444 e. The minimum atomic E-state index is -0.477. The van der Waals surface area contributed by atoms with Gasteiger partial charge in [-0.3, -0.25) is 0 Å². The van der Waals surface area contributed by atoms with Gasteiger partial charge in [0.25, 0.3) is 0 Å². The summed E-state index contributed by atoms with van der Waals surface area (Å²) in [5.74, 6) is -0.477. The van der Waals surface area contributed by atoms with Crippen molar-refractivity contribution in [1.82, 2.24) is 10.2 Å². The van der Waals surface area contributed by atoms with E-state index in [1.165, 1.54) is 0 Å². The molecule has 1 rings (SSSR count). The van der Waals surface area contributed by atoms with Crippen LogP contribution in [0, 0.1) is 0 Å². The Kier molecular flexibility index (Phi) is 6.43. The summed E-state index contributed by atoms with van der Waals surface area (Å²) in [7, 11) is 1.75. The molecule has 0 bridgehead atoms. The molecule has 1 heterocycles. The number of hydrogen-bond acceptors (Lipinski definition) is 5.